The van der Waals surface area contributed by atoms with E-state index in [1.807, 2.05) is 31.1 Å². The molecule has 0 aliphatic heterocycles. The van der Waals surface area contributed by atoms with Gasteiger partial charge >= 0.3 is 5.97 Å². The molecule has 2 aromatic heterocycles. The van der Waals surface area contributed by atoms with Crippen LogP contribution in [0.3, 0.4) is 0 Å². The van der Waals surface area contributed by atoms with E-state index in [-0.39, 0.29) is 17.7 Å². The maximum atomic E-state index is 12.5. The third-order valence-corrected chi connectivity index (χ3v) is 3.46. The number of fused-ring (bicyclic) bond motifs is 1. The van der Waals surface area contributed by atoms with Crippen LogP contribution < -0.4 is 5.56 Å². The minimum Gasteiger partial charge on any atom is -0.462 e. The predicted octanol–water partition coefficient (Wildman–Crippen LogP) is 2.30. The topological polar surface area (TPSA) is 51.0 Å². The fourth-order valence-corrected chi connectivity index (χ4v) is 2.50. The van der Waals surface area contributed by atoms with Crippen LogP contribution in [-0.2, 0) is 11.3 Å². The molecule has 2 aromatic rings. The van der Waals surface area contributed by atoms with Crippen LogP contribution in [-0.4, -0.2) is 36.0 Å². The molecule has 112 valence electrons. The van der Waals surface area contributed by atoms with Crippen LogP contribution in [0.4, 0.5) is 0 Å². The fraction of sp³-hybridized carbons (Fsp3) is 0.333. The van der Waals surface area contributed by atoms with Gasteiger partial charge in [-0.3, -0.25) is 9.20 Å². The summed E-state index contributed by atoms with van der Waals surface area (Å²) in [6.45, 7) is 2.58. The van der Waals surface area contributed by atoms with Crippen LogP contribution in [0.1, 0.15) is 22.8 Å². The van der Waals surface area contributed by atoms with Crippen molar-refractivity contribution in [1.29, 1.82) is 0 Å². The minimum absolute atomic E-state index is 0.0595. The largest absolute Gasteiger partial charge is 0.462 e. The van der Waals surface area contributed by atoms with Gasteiger partial charge in [0.1, 0.15) is 5.56 Å². The minimum atomic E-state index is -0.586. The number of aromatic nitrogens is 1. The second-order valence-electron chi connectivity index (χ2n) is 4.95. The Morgan fingerprint density at radius 3 is 2.71 bits per heavy atom. The summed E-state index contributed by atoms with van der Waals surface area (Å²) in [6.07, 6.45) is 1.67. The zero-order valence-electron chi connectivity index (χ0n) is 12.2. The Morgan fingerprint density at radius 2 is 2.10 bits per heavy atom. The molecule has 0 bridgehead atoms. The van der Waals surface area contributed by atoms with Gasteiger partial charge in [-0.2, -0.15) is 0 Å². The van der Waals surface area contributed by atoms with E-state index in [1.165, 1.54) is 4.40 Å². The first-order valence-corrected chi connectivity index (χ1v) is 7.39. The van der Waals surface area contributed by atoms with E-state index in [9.17, 15) is 9.59 Å². The van der Waals surface area contributed by atoms with Crippen molar-refractivity contribution in [2.24, 2.45) is 0 Å². The Kier molecular flexibility index (Phi) is 4.80. The van der Waals surface area contributed by atoms with E-state index < -0.39 is 5.97 Å². The van der Waals surface area contributed by atoms with Crippen molar-refractivity contribution in [3.63, 3.8) is 0 Å². The normalized spacial score (nSPS) is 11.1. The van der Waals surface area contributed by atoms with Gasteiger partial charge in [0.25, 0.3) is 5.56 Å². The van der Waals surface area contributed by atoms with Crippen molar-refractivity contribution in [3.8, 4) is 0 Å². The highest BCUT2D eigenvalue weighted by Crippen LogP contribution is 2.17. The first kappa shape index (κ1) is 15.7. The Morgan fingerprint density at radius 1 is 1.38 bits per heavy atom. The molecule has 0 N–H and O–H groups in total. The Labute approximate surface area is 131 Å². The number of hydrogen-bond acceptors (Lipinski definition) is 4. The van der Waals surface area contributed by atoms with Gasteiger partial charge in [0.15, 0.2) is 0 Å². The first-order valence-electron chi connectivity index (χ1n) is 6.59. The molecule has 0 saturated carbocycles. The SMILES string of the molecule is CCOC(=O)c1cc(CN(C)C)c2ccc(Br)cn2c1=O. The molecule has 0 spiro atoms. The molecule has 0 amide bonds. The van der Waals surface area contributed by atoms with Gasteiger partial charge in [0, 0.05) is 17.2 Å². The summed E-state index contributed by atoms with van der Waals surface area (Å²) < 4.78 is 7.22. The first-order chi connectivity index (χ1) is 9.93. The summed E-state index contributed by atoms with van der Waals surface area (Å²) in [5.74, 6) is -0.586. The van der Waals surface area contributed by atoms with E-state index in [1.54, 1.807) is 19.2 Å². The molecular formula is C15H17BrN2O3. The highest BCUT2D eigenvalue weighted by Gasteiger charge is 2.17. The summed E-state index contributed by atoms with van der Waals surface area (Å²) in [5.41, 5.74) is 1.37. The average Bonchev–Trinajstić information content (AvgIpc) is 2.41. The van der Waals surface area contributed by atoms with Crippen LogP contribution in [0, 0.1) is 0 Å². The summed E-state index contributed by atoms with van der Waals surface area (Å²) >= 11 is 3.35. The van der Waals surface area contributed by atoms with Gasteiger partial charge < -0.3 is 9.64 Å². The zero-order chi connectivity index (χ0) is 15.6. The number of pyridine rings is 2. The smallest absolute Gasteiger partial charge is 0.343 e. The third-order valence-electron chi connectivity index (χ3n) is 2.99. The average molecular weight is 353 g/mol. The molecule has 2 rings (SSSR count). The number of hydrogen-bond donors (Lipinski definition) is 0. The lowest BCUT2D eigenvalue weighted by molar-refractivity contribution is 0.0524. The third kappa shape index (κ3) is 3.33. The fourth-order valence-electron chi connectivity index (χ4n) is 2.17. The Bertz CT molecular complexity index is 738. The molecule has 21 heavy (non-hydrogen) atoms. The van der Waals surface area contributed by atoms with E-state index >= 15 is 0 Å². The summed E-state index contributed by atoms with van der Waals surface area (Å²) in [5, 5.41) is 0. The molecule has 0 aromatic carbocycles. The van der Waals surface area contributed by atoms with E-state index in [0.29, 0.717) is 6.54 Å². The summed E-state index contributed by atoms with van der Waals surface area (Å²) in [7, 11) is 3.87. The van der Waals surface area contributed by atoms with Crippen molar-refractivity contribution >= 4 is 27.4 Å². The number of nitrogens with zero attached hydrogens (tertiary/aromatic N) is 2. The van der Waals surface area contributed by atoms with Crippen LogP contribution >= 0.6 is 15.9 Å². The lowest BCUT2D eigenvalue weighted by Gasteiger charge is -2.14. The van der Waals surface area contributed by atoms with Gasteiger partial charge in [-0.1, -0.05) is 0 Å². The standard InChI is InChI=1S/C15H17BrN2O3/c1-4-21-15(20)12-7-10(8-17(2)3)13-6-5-11(16)9-18(13)14(12)19/h5-7,9H,4,8H2,1-3H3. The van der Waals surface area contributed by atoms with Crippen molar-refractivity contribution in [2.45, 2.75) is 13.5 Å². The number of halogens is 1. The van der Waals surface area contributed by atoms with Gasteiger partial charge in [0.2, 0.25) is 0 Å². The highest BCUT2D eigenvalue weighted by atomic mass is 79.9. The summed E-state index contributed by atoms with van der Waals surface area (Å²) in [6, 6.07) is 5.36. The number of rotatable bonds is 4. The van der Waals surface area contributed by atoms with E-state index in [2.05, 4.69) is 15.9 Å². The number of carbonyl (C=O) groups excluding carboxylic acids is 1. The molecule has 0 radical (unpaired) electrons. The van der Waals surface area contributed by atoms with Gasteiger partial charge in [-0.15, -0.1) is 0 Å². The maximum absolute atomic E-state index is 12.5. The second-order valence-corrected chi connectivity index (χ2v) is 5.86. The quantitative estimate of drug-likeness (QED) is 0.792. The lowest BCUT2D eigenvalue weighted by Crippen LogP contribution is -2.25. The van der Waals surface area contributed by atoms with Crippen molar-refractivity contribution in [2.75, 3.05) is 20.7 Å². The lowest BCUT2D eigenvalue weighted by atomic mass is 10.1. The maximum Gasteiger partial charge on any atom is 0.343 e. The highest BCUT2D eigenvalue weighted by molar-refractivity contribution is 9.10. The van der Waals surface area contributed by atoms with E-state index in [0.717, 1.165) is 15.6 Å². The van der Waals surface area contributed by atoms with Crippen LogP contribution in [0.15, 0.2) is 33.7 Å². The molecule has 0 saturated heterocycles. The number of carbonyl (C=O) groups is 1. The molecule has 5 nitrogen and oxygen atoms in total. The molecule has 0 aliphatic carbocycles. The number of esters is 1. The van der Waals surface area contributed by atoms with Crippen molar-refractivity contribution in [1.82, 2.24) is 9.30 Å². The monoisotopic (exact) mass is 352 g/mol. The zero-order valence-corrected chi connectivity index (χ0v) is 13.8. The van der Waals surface area contributed by atoms with Crippen LogP contribution in [0.5, 0.6) is 0 Å². The van der Waals surface area contributed by atoms with E-state index in [4.69, 9.17) is 4.74 Å². The molecule has 0 atom stereocenters. The summed E-state index contributed by atoms with van der Waals surface area (Å²) in [4.78, 5) is 26.4. The molecule has 0 unspecified atom stereocenters. The molecule has 0 fully saturated rings. The molecular weight excluding hydrogens is 336 g/mol. The van der Waals surface area contributed by atoms with Crippen molar-refractivity contribution in [3.05, 3.63) is 50.3 Å². The van der Waals surface area contributed by atoms with Crippen LogP contribution in [0.25, 0.3) is 5.52 Å². The predicted molar refractivity (Wildman–Crippen MR) is 84.7 cm³/mol. The van der Waals surface area contributed by atoms with Gasteiger partial charge in [-0.25, -0.2) is 4.79 Å². The number of ether oxygens (including phenoxy) is 1. The molecule has 6 heteroatoms. The van der Waals surface area contributed by atoms with Crippen molar-refractivity contribution < 1.29 is 9.53 Å². The molecule has 2 heterocycles. The molecule has 0 aliphatic rings. The second kappa shape index (κ2) is 6.41. The van der Waals surface area contributed by atoms with Gasteiger partial charge in [-0.05, 0) is 60.7 Å². The Hall–Kier alpha value is -1.66. The Balaban J connectivity index is 2.73. The van der Waals surface area contributed by atoms with Gasteiger partial charge in [0.05, 0.1) is 12.1 Å². The van der Waals surface area contributed by atoms with Crippen LogP contribution in [0.2, 0.25) is 0 Å².